The summed E-state index contributed by atoms with van der Waals surface area (Å²) in [6, 6.07) is 0. The van der Waals surface area contributed by atoms with Crippen molar-refractivity contribution < 1.29 is 80.2 Å². The minimum Gasteiger partial charge on any atom is -0.462 e. The zero-order valence-corrected chi connectivity index (χ0v) is 62.7. The average Bonchev–Trinajstić information content (AvgIpc) is 1.45. The topological polar surface area (TPSA) is 237 Å². The van der Waals surface area contributed by atoms with Crippen LogP contribution in [-0.2, 0) is 65.4 Å². The summed E-state index contributed by atoms with van der Waals surface area (Å²) in [6.45, 7) is 11.8. The third kappa shape index (κ3) is 66.8. The minimum atomic E-state index is -4.97. The standard InChI is InChI=1S/C75H142O17P2/c1-8-10-11-12-13-14-15-16-17-18-23-29-36-44-51-58-74(79)91-70(62-85-72(77)56-49-42-35-28-22-20-19-21-26-32-39-46-53-66(3)4)64-89-93(81,82)87-60-69(76)61-88-94(83,84)90-65-71(63-86-73(78)57-50-43-38-31-33-40-47-54-67(5)6)92-75(80)59-52-45-37-30-25-24-27-34-41-48-55-68(7)9-2/h14-17,66-71,76H,8-13,18-65H2,1-7H3,(H,81,82)(H,83,84)/b15-14-,17-16-/t68?,69?,70-,71-/m1/s1. The van der Waals surface area contributed by atoms with Crippen molar-refractivity contribution in [1.82, 2.24) is 0 Å². The van der Waals surface area contributed by atoms with Crippen LogP contribution in [0.1, 0.15) is 357 Å². The predicted molar refractivity (Wildman–Crippen MR) is 381 cm³/mol. The molecule has 3 N–H and O–H groups in total. The van der Waals surface area contributed by atoms with Gasteiger partial charge >= 0.3 is 39.5 Å². The molecular weight excluding hydrogens is 1230 g/mol. The molecule has 0 aliphatic carbocycles. The Kier molecular flexibility index (Phi) is 63.5. The van der Waals surface area contributed by atoms with Crippen molar-refractivity contribution in [1.29, 1.82) is 0 Å². The highest BCUT2D eigenvalue weighted by Gasteiger charge is 2.30. The van der Waals surface area contributed by atoms with Crippen molar-refractivity contribution in [3.05, 3.63) is 24.3 Å². The fourth-order valence-electron chi connectivity index (χ4n) is 10.9. The van der Waals surface area contributed by atoms with Crippen LogP contribution < -0.4 is 0 Å². The molecule has 17 nitrogen and oxygen atoms in total. The van der Waals surface area contributed by atoms with E-state index in [9.17, 15) is 43.2 Å². The molecule has 6 atom stereocenters. The van der Waals surface area contributed by atoms with Crippen LogP contribution in [0.15, 0.2) is 24.3 Å². The molecule has 4 unspecified atom stereocenters. The number of allylic oxidation sites excluding steroid dienone is 4. The number of aliphatic hydroxyl groups is 1. The van der Waals surface area contributed by atoms with Gasteiger partial charge < -0.3 is 33.8 Å². The molecule has 94 heavy (non-hydrogen) atoms. The summed E-state index contributed by atoms with van der Waals surface area (Å²) in [5.74, 6) is 0.134. The van der Waals surface area contributed by atoms with Crippen LogP contribution in [0.3, 0.4) is 0 Å². The maximum Gasteiger partial charge on any atom is 0.472 e. The number of phosphoric acid groups is 2. The summed E-state index contributed by atoms with van der Waals surface area (Å²) < 4.78 is 68.4. The van der Waals surface area contributed by atoms with E-state index in [1.54, 1.807) is 0 Å². The molecule has 0 saturated heterocycles. The Morgan fingerprint density at radius 3 is 0.947 bits per heavy atom. The summed E-state index contributed by atoms with van der Waals surface area (Å²) in [4.78, 5) is 72.7. The smallest absolute Gasteiger partial charge is 0.462 e. The normalized spacial score (nSPS) is 14.6. The van der Waals surface area contributed by atoms with Crippen molar-refractivity contribution in [3.63, 3.8) is 0 Å². The quantitative estimate of drug-likeness (QED) is 0.0169. The summed E-state index contributed by atoms with van der Waals surface area (Å²) in [7, 11) is -9.92. The first-order valence-corrected chi connectivity index (χ1v) is 41.2. The molecule has 0 aliphatic heterocycles. The average molecular weight is 1380 g/mol. The van der Waals surface area contributed by atoms with Gasteiger partial charge in [0.1, 0.15) is 19.3 Å². The van der Waals surface area contributed by atoms with Gasteiger partial charge in [-0.1, -0.05) is 304 Å². The number of hydrogen-bond acceptors (Lipinski definition) is 15. The zero-order chi connectivity index (χ0) is 69.4. The first kappa shape index (κ1) is 91.5. The Hall–Kier alpha value is -2.46. The largest absolute Gasteiger partial charge is 0.472 e. The van der Waals surface area contributed by atoms with E-state index in [0.717, 1.165) is 121 Å². The maximum atomic E-state index is 13.1. The van der Waals surface area contributed by atoms with Crippen molar-refractivity contribution in [2.45, 2.75) is 375 Å². The van der Waals surface area contributed by atoms with E-state index in [2.05, 4.69) is 72.8 Å². The van der Waals surface area contributed by atoms with Gasteiger partial charge in [-0.25, -0.2) is 9.13 Å². The summed E-state index contributed by atoms with van der Waals surface area (Å²) >= 11 is 0. The Bertz CT molecular complexity index is 1930. The third-order valence-corrected chi connectivity index (χ3v) is 19.0. The van der Waals surface area contributed by atoms with E-state index in [-0.39, 0.29) is 25.7 Å². The van der Waals surface area contributed by atoms with E-state index in [0.29, 0.717) is 31.6 Å². The van der Waals surface area contributed by atoms with Crippen molar-refractivity contribution >= 4 is 39.5 Å². The molecule has 0 aromatic heterocycles. The Balaban J connectivity index is 5.30. The highest BCUT2D eigenvalue weighted by molar-refractivity contribution is 7.47. The van der Waals surface area contributed by atoms with E-state index >= 15 is 0 Å². The first-order valence-electron chi connectivity index (χ1n) is 38.2. The molecule has 0 heterocycles. The second-order valence-electron chi connectivity index (χ2n) is 27.5. The molecule has 0 fully saturated rings. The van der Waals surface area contributed by atoms with Crippen LogP contribution in [0.2, 0.25) is 0 Å². The molecule has 0 aliphatic rings. The molecule has 0 spiro atoms. The second kappa shape index (κ2) is 65.2. The van der Waals surface area contributed by atoms with Gasteiger partial charge in [-0.05, 0) is 69.1 Å². The molecule has 0 amide bonds. The van der Waals surface area contributed by atoms with Crippen LogP contribution in [0.4, 0.5) is 0 Å². The van der Waals surface area contributed by atoms with Gasteiger partial charge in [-0.15, -0.1) is 0 Å². The van der Waals surface area contributed by atoms with Gasteiger partial charge in [0.2, 0.25) is 0 Å². The van der Waals surface area contributed by atoms with Crippen molar-refractivity contribution in [2.24, 2.45) is 17.8 Å². The number of carbonyl (C=O) groups excluding carboxylic acids is 4. The van der Waals surface area contributed by atoms with Crippen LogP contribution in [-0.4, -0.2) is 96.7 Å². The van der Waals surface area contributed by atoms with Gasteiger partial charge in [-0.3, -0.25) is 37.3 Å². The van der Waals surface area contributed by atoms with E-state index in [4.69, 9.17) is 37.0 Å². The van der Waals surface area contributed by atoms with E-state index < -0.39 is 97.5 Å². The molecule has 0 rings (SSSR count). The number of aliphatic hydroxyl groups excluding tert-OH is 1. The summed E-state index contributed by atoms with van der Waals surface area (Å²) in [6.07, 6.45) is 53.5. The molecule has 0 saturated carbocycles. The lowest BCUT2D eigenvalue weighted by atomic mass is 9.99. The fraction of sp³-hybridized carbons (Fsp3) is 0.893. The number of unbranched alkanes of at least 4 members (excludes halogenated alkanes) is 35. The maximum absolute atomic E-state index is 13.1. The fourth-order valence-corrected chi connectivity index (χ4v) is 12.4. The van der Waals surface area contributed by atoms with E-state index in [1.807, 2.05) is 0 Å². The van der Waals surface area contributed by atoms with Crippen LogP contribution >= 0.6 is 15.6 Å². The molecule has 0 aromatic carbocycles. The molecule has 0 radical (unpaired) electrons. The van der Waals surface area contributed by atoms with Gasteiger partial charge in [-0.2, -0.15) is 0 Å². The van der Waals surface area contributed by atoms with Gasteiger partial charge in [0.15, 0.2) is 12.2 Å². The Morgan fingerprint density at radius 1 is 0.351 bits per heavy atom. The van der Waals surface area contributed by atoms with Gasteiger partial charge in [0, 0.05) is 25.7 Å². The SMILES string of the molecule is CCCCCC/C=C\C=C/CCCCCCCC(=O)O[C@H](COC(=O)CCCCCCCCCCCCCCC(C)C)COP(=O)(O)OCC(O)COP(=O)(O)OC[C@@H](COC(=O)CCCCCCCCCC(C)C)OC(=O)CCCCCCCCCCCCC(C)CC. The number of carbonyl (C=O) groups is 4. The van der Waals surface area contributed by atoms with Crippen LogP contribution in [0.5, 0.6) is 0 Å². The lowest BCUT2D eigenvalue weighted by Crippen LogP contribution is -2.30. The molecule has 554 valence electrons. The number of rotatable bonds is 71. The summed E-state index contributed by atoms with van der Waals surface area (Å²) in [5, 5.41) is 10.6. The molecular formula is C75H142O17P2. The molecule has 0 bridgehead atoms. The molecule has 19 heteroatoms. The third-order valence-electron chi connectivity index (χ3n) is 17.1. The minimum absolute atomic E-state index is 0.0846. The predicted octanol–water partition coefficient (Wildman–Crippen LogP) is 21.3. The van der Waals surface area contributed by atoms with E-state index in [1.165, 1.54) is 148 Å². The number of ether oxygens (including phenoxy) is 4. The van der Waals surface area contributed by atoms with Crippen molar-refractivity contribution in [2.75, 3.05) is 39.6 Å². The molecule has 0 aromatic rings. The first-order chi connectivity index (χ1) is 45.3. The lowest BCUT2D eigenvalue weighted by Gasteiger charge is -2.21. The lowest BCUT2D eigenvalue weighted by molar-refractivity contribution is -0.161. The second-order valence-corrected chi connectivity index (χ2v) is 30.5. The number of hydrogen-bond donors (Lipinski definition) is 3. The number of esters is 4. The zero-order valence-electron chi connectivity index (χ0n) is 60.9. The highest BCUT2D eigenvalue weighted by atomic mass is 31.2. The van der Waals surface area contributed by atoms with Crippen molar-refractivity contribution in [3.8, 4) is 0 Å². The summed E-state index contributed by atoms with van der Waals surface area (Å²) in [5.41, 5.74) is 0. The monoisotopic (exact) mass is 1380 g/mol. The van der Waals surface area contributed by atoms with Gasteiger partial charge in [0.05, 0.1) is 26.4 Å². The van der Waals surface area contributed by atoms with Gasteiger partial charge in [0.25, 0.3) is 0 Å². The Morgan fingerprint density at radius 2 is 0.628 bits per heavy atom. The number of phosphoric ester groups is 2. The van der Waals surface area contributed by atoms with Crippen LogP contribution in [0, 0.1) is 17.8 Å². The highest BCUT2D eigenvalue weighted by Crippen LogP contribution is 2.45. The Labute approximate surface area is 573 Å². The van der Waals surface area contributed by atoms with Crippen LogP contribution in [0.25, 0.3) is 0 Å².